The number of carbonyl (C=O) groups excluding carboxylic acids is 1. The van der Waals surface area contributed by atoms with E-state index in [1.165, 1.54) is 0 Å². The predicted octanol–water partition coefficient (Wildman–Crippen LogP) is 1.36. The van der Waals surface area contributed by atoms with Gasteiger partial charge in [0.1, 0.15) is 6.10 Å². The van der Waals surface area contributed by atoms with Crippen molar-refractivity contribution in [1.82, 2.24) is 0 Å². The van der Waals surface area contributed by atoms with Crippen molar-refractivity contribution < 1.29 is 17.4 Å². The highest BCUT2D eigenvalue weighted by molar-refractivity contribution is 7.86. The van der Waals surface area contributed by atoms with Crippen molar-refractivity contribution in [3.8, 4) is 0 Å². The van der Waals surface area contributed by atoms with Crippen molar-refractivity contribution in [3.63, 3.8) is 0 Å². The normalized spacial score (nSPS) is 31.6. The average molecular weight is 234 g/mol. The molecule has 1 aliphatic carbocycles. The van der Waals surface area contributed by atoms with Crippen LogP contribution in [0.1, 0.15) is 33.6 Å². The van der Waals surface area contributed by atoms with Gasteiger partial charge in [0.25, 0.3) is 10.1 Å². The van der Waals surface area contributed by atoms with E-state index in [2.05, 4.69) is 0 Å². The van der Waals surface area contributed by atoms with Crippen LogP contribution in [0, 0.1) is 11.3 Å². The van der Waals surface area contributed by atoms with Crippen LogP contribution in [0.3, 0.4) is 0 Å². The van der Waals surface area contributed by atoms with E-state index in [9.17, 15) is 13.2 Å². The Labute approximate surface area is 91.1 Å². The highest BCUT2D eigenvalue weighted by Gasteiger charge is 2.40. The SMILES string of the molecule is C[C@@H]1CC(=O)[C@@H](OS(C)(=O)=O)CC1(C)C. The van der Waals surface area contributed by atoms with E-state index in [0.29, 0.717) is 12.8 Å². The standard InChI is InChI=1S/C10H18O4S/c1-7-5-8(11)9(6-10(7,2)3)14-15(4,12)13/h7,9H,5-6H2,1-4H3/t7-,9+/m1/s1. The van der Waals surface area contributed by atoms with Crippen molar-refractivity contribution in [2.45, 2.75) is 39.7 Å². The summed E-state index contributed by atoms with van der Waals surface area (Å²) in [6, 6.07) is 0. The Morgan fingerprint density at radius 3 is 2.40 bits per heavy atom. The summed E-state index contributed by atoms with van der Waals surface area (Å²) in [5, 5.41) is 0. The largest absolute Gasteiger partial charge is 0.297 e. The fourth-order valence-corrected chi connectivity index (χ4v) is 2.40. The minimum atomic E-state index is -3.55. The fraction of sp³-hybridized carbons (Fsp3) is 0.900. The summed E-state index contributed by atoms with van der Waals surface area (Å²) in [5.74, 6) is 0.164. The predicted molar refractivity (Wildman–Crippen MR) is 56.9 cm³/mol. The molecule has 1 fully saturated rings. The molecule has 0 saturated heterocycles. The van der Waals surface area contributed by atoms with Gasteiger partial charge in [0.2, 0.25) is 0 Å². The van der Waals surface area contributed by atoms with E-state index in [-0.39, 0.29) is 17.1 Å². The molecule has 0 aromatic heterocycles. The monoisotopic (exact) mass is 234 g/mol. The molecule has 0 aromatic carbocycles. The van der Waals surface area contributed by atoms with Gasteiger partial charge in [-0.3, -0.25) is 8.98 Å². The van der Waals surface area contributed by atoms with Crippen LogP contribution in [0.4, 0.5) is 0 Å². The lowest BCUT2D eigenvalue weighted by atomic mass is 9.68. The first-order chi connectivity index (χ1) is 6.62. The summed E-state index contributed by atoms with van der Waals surface area (Å²) in [6.45, 7) is 6.07. The van der Waals surface area contributed by atoms with Gasteiger partial charge in [0.05, 0.1) is 6.26 Å². The molecule has 2 atom stereocenters. The van der Waals surface area contributed by atoms with Gasteiger partial charge in [0, 0.05) is 6.42 Å². The molecule has 0 aliphatic heterocycles. The number of rotatable bonds is 2. The van der Waals surface area contributed by atoms with Crippen LogP contribution in [-0.4, -0.2) is 26.6 Å². The van der Waals surface area contributed by atoms with Gasteiger partial charge in [-0.1, -0.05) is 20.8 Å². The summed E-state index contributed by atoms with van der Waals surface area (Å²) in [5.41, 5.74) is -0.0523. The lowest BCUT2D eigenvalue weighted by molar-refractivity contribution is -0.133. The van der Waals surface area contributed by atoms with Crippen LogP contribution in [0.25, 0.3) is 0 Å². The minimum absolute atomic E-state index is 0.0523. The quantitative estimate of drug-likeness (QED) is 0.677. The molecule has 0 radical (unpaired) electrons. The molecule has 1 aliphatic rings. The van der Waals surface area contributed by atoms with Crippen LogP contribution in [0.5, 0.6) is 0 Å². The van der Waals surface area contributed by atoms with E-state index in [0.717, 1.165) is 6.26 Å². The zero-order valence-corrected chi connectivity index (χ0v) is 10.4. The number of hydrogen-bond acceptors (Lipinski definition) is 4. The molecule has 0 aromatic rings. The van der Waals surface area contributed by atoms with Gasteiger partial charge in [-0.25, -0.2) is 0 Å². The molecular weight excluding hydrogens is 216 g/mol. The average Bonchev–Trinajstić information content (AvgIpc) is 1.97. The summed E-state index contributed by atoms with van der Waals surface area (Å²) in [4.78, 5) is 11.6. The molecule has 5 heteroatoms. The first-order valence-electron chi connectivity index (χ1n) is 5.03. The van der Waals surface area contributed by atoms with E-state index < -0.39 is 16.2 Å². The Balaban J connectivity index is 2.80. The molecule has 4 nitrogen and oxygen atoms in total. The molecule has 15 heavy (non-hydrogen) atoms. The third kappa shape index (κ3) is 3.28. The molecule has 0 heterocycles. The highest BCUT2D eigenvalue weighted by atomic mass is 32.2. The van der Waals surface area contributed by atoms with Crippen molar-refractivity contribution in [2.75, 3.05) is 6.26 Å². The molecule has 0 amide bonds. The number of ketones is 1. The lowest BCUT2D eigenvalue weighted by Gasteiger charge is -2.38. The molecule has 0 bridgehead atoms. The summed E-state index contributed by atoms with van der Waals surface area (Å²) < 4.78 is 26.7. The first kappa shape index (κ1) is 12.6. The van der Waals surface area contributed by atoms with Crippen LogP contribution in [0.2, 0.25) is 0 Å². The van der Waals surface area contributed by atoms with Gasteiger partial charge < -0.3 is 0 Å². The maximum atomic E-state index is 11.6. The summed E-state index contributed by atoms with van der Waals surface area (Å²) in [7, 11) is -3.55. The van der Waals surface area contributed by atoms with Crippen LogP contribution >= 0.6 is 0 Å². The minimum Gasteiger partial charge on any atom is -0.297 e. The summed E-state index contributed by atoms with van der Waals surface area (Å²) >= 11 is 0. The van der Waals surface area contributed by atoms with E-state index in [1.807, 2.05) is 20.8 Å². The van der Waals surface area contributed by atoms with Crippen molar-refractivity contribution in [2.24, 2.45) is 11.3 Å². The van der Waals surface area contributed by atoms with Crippen molar-refractivity contribution in [1.29, 1.82) is 0 Å². The third-order valence-corrected chi connectivity index (χ3v) is 3.78. The van der Waals surface area contributed by atoms with E-state index >= 15 is 0 Å². The number of Topliss-reactive ketones (excluding diaryl/α,β-unsaturated/α-hetero) is 1. The lowest BCUT2D eigenvalue weighted by Crippen LogP contribution is -2.41. The number of carbonyl (C=O) groups is 1. The smallest absolute Gasteiger partial charge is 0.265 e. The molecule has 0 spiro atoms. The second kappa shape index (κ2) is 3.87. The molecule has 88 valence electrons. The second-order valence-electron chi connectivity index (χ2n) is 5.05. The number of hydrogen-bond donors (Lipinski definition) is 0. The van der Waals surface area contributed by atoms with Crippen LogP contribution < -0.4 is 0 Å². The zero-order chi connectivity index (χ0) is 11.9. The van der Waals surface area contributed by atoms with E-state index in [1.54, 1.807) is 0 Å². The van der Waals surface area contributed by atoms with Gasteiger partial charge in [0.15, 0.2) is 5.78 Å². The van der Waals surface area contributed by atoms with Gasteiger partial charge in [-0.2, -0.15) is 8.42 Å². The Kier molecular flexibility index (Phi) is 3.26. The highest BCUT2D eigenvalue weighted by Crippen LogP contribution is 2.40. The van der Waals surface area contributed by atoms with Crippen LogP contribution in [-0.2, 0) is 19.1 Å². The fourth-order valence-electron chi connectivity index (χ4n) is 1.80. The van der Waals surface area contributed by atoms with Gasteiger partial charge >= 0.3 is 0 Å². The first-order valence-corrected chi connectivity index (χ1v) is 6.84. The van der Waals surface area contributed by atoms with Gasteiger partial charge in [-0.05, 0) is 17.8 Å². The van der Waals surface area contributed by atoms with Gasteiger partial charge in [-0.15, -0.1) is 0 Å². The van der Waals surface area contributed by atoms with Crippen molar-refractivity contribution >= 4 is 15.9 Å². The van der Waals surface area contributed by atoms with E-state index in [4.69, 9.17) is 4.18 Å². The zero-order valence-electron chi connectivity index (χ0n) is 9.61. The maximum Gasteiger partial charge on any atom is 0.265 e. The van der Waals surface area contributed by atoms with Crippen LogP contribution in [0.15, 0.2) is 0 Å². The van der Waals surface area contributed by atoms with Crippen molar-refractivity contribution in [3.05, 3.63) is 0 Å². The maximum absolute atomic E-state index is 11.6. The molecule has 0 N–H and O–H groups in total. The Bertz CT molecular complexity index is 356. The third-order valence-electron chi connectivity index (χ3n) is 3.20. The summed E-state index contributed by atoms with van der Waals surface area (Å²) in [6.07, 6.45) is 1.06. The second-order valence-corrected chi connectivity index (χ2v) is 6.65. The Hall–Kier alpha value is -0.420. The molecule has 1 rings (SSSR count). The topological polar surface area (TPSA) is 60.4 Å². The Morgan fingerprint density at radius 1 is 1.40 bits per heavy atom. The molecular formula is C10H18O4S. The Morgan fingerprint density at radius 2 is 1.93 bits per heavy atom. The molecule has 1 saturated carbocycles. The molecule has 0 unspecified atom stereocenters.